The number of pyridine rings is 1. The Bertz CT molecular complexity index is 740. The summed E-state index contributed by atoms with van der Waals surface area (Å²) in [5, 5.41) is 5.95. The number of halogens is 1. The molecule has 0 radical (unpaired) electrons. The van der Waals surface area contributed by atoms with Crippen molar-refractivity contribution in [2.24, 2.45) is 0 Å². The summed E-state index contributed by atoms with van der Waals surface area (Å²) in [6, 6.07) is 13.3. The first-order chi connectivity index (χ1) is 9.25. The monoisotopic (exact) mass is 269 g/mol. The van der Waals surface area contributed by atoms with Gasteiger partial charge in [-0.25, -0.2) is 0 Å². The van der Waals surface area contributed by atoms with Gasteiger partial charge in [-0.1, -0.05) is 23.7 Å². The molecule has 0 bridgehead atoms. The molecular weight excluding hydrogens is 258 g/mol. The van der Waals surface area contributed by atoms with Crippen molar-refractivity contribution in [1.29, 1.82) is 0 Å². The SMILES string of the molecule is Nc1ccc(Nc2ccccc2Cl)c2cnccc12. The molecule has 0 fully saturated rings. The van der Waals surface area contributed by atoms with Crippen LogP contribution in [0.15, 0.2) is 54.9 Å². The first-order valence-electron chi connectivity index (χ1n) is 5.89. The van der Waals surface area contributed by atoms with Gasteiger partial charge in [-0.3, -0.25) is 4.98 Å². The maximum Gasteiger partial charge on any atom is 0.0640 e. The minimum absolute atomic E-state index is 0.677. The quantitative estimate of drug-likeness (QED) is 0.685. The fourth-order valence-electron chi connectivity index (χ4n) is 2.03. The van der Waals surface area contributed by atoms with Crippen LogP contribution in [0.2, 0.25) is 5.02 Å². The number of nitrogens with one attached hydrogen (secondary N) is 1. The Hall–Kier alpha value is -2.26. The molecule has 3 N–H and O–H groups in total. The maximum absolute atomic E-state index is 6.15. The topological polar surface area (TPSA) is 50.9 Å². The van der Waals surface area contributed by atoms with Gasteiger partial charge < -0.3 is 11.1 Å². The third kappa shape index (κ3) is 2.20. The van der Waals surface area contributed by atoms with Gasteiger partial charge in [0, 0.05) is 34.5 Å². The Morgan fingerprint density at radius 1 is 0.947 bits per heavy atom. The molecule has 19 heavy (non-hydrogen) atoms. The summed E-state index contributed by atoms with van der Waals surface area (Å²) in [5.74, 6) is 0. The first kappa shape index (κ1) is 11.8. The molecule has 3 rings (SSSR count). The number of nitrogens with zero attached hydrogens (tertiary/aromatic N) is 1. The Kier molecular flexibility index (Phi) is 2.97. The molecule has 0 unspecified atom stereocenters. The van der Waals surface area contributed by atoms with Crippen LogP contribution in [0.4, 0.5) is 17.1 Å². The van der Waals surface area contributed by atoms with E-state index in [0.29, 0.717) is 5.02 Å². The van der Waals surface area contributed by atoms with Crippen molar-refractivity contribution >= 4 is 39.4 Å². The van der Waals surface area contributed by atoms with E-state index in [0.717, 1.165) is 27.8 Å². The molecule has 3 nitrogen and oxygen atoms in total. The Balaban J connectivity index is 2.12. The van der Waals surface area contributed by atoms with Crippen molar-refractivity contribution in [3.63, 3.8) is 0 Å². The van der Waals surface area contributed by atoms with Crippen LogP contribution in [-0.4, -0.2) is 4.98 Å². The number of hydrogen-bond acceptors (Lipinski definition) is 3. The summed E-state index contributed by atoms with van der Waals surface area (Å²) in [4.78, 5) is 4.15. The number of benzene rings is 2. The number of hydrogen-bond donors (Lipinski definition) is 2. The maximum atomic E-state index is 6.15. The molecule has 0 atom stereocenters. The molecule has 0 spiro atoms. The molecule has 4 heteroatoms. The van der Waals surface area contributed by atoms with Crippen molar-refractivity contribution < 1.29 is 0 Å². The average molecular weight is 270 g/mol. The minimum Gasteiger partial charge on any atom is -0.398 e. The third-order valence-corrected chi connectivity index (χ3v) is 3.32. The smallest absolute Gasteiger partial charge is 0.0640 e. The van der Waals surface area contributed by atoms with Crippen LogP contribution >= 0.6 is 11.6 Å². The lowest BCUT2D eigenvalue weighted by Gasteiger charge is -2.12. The lowest BCUT2D eigenvalue weighted by atomic mass is 10.1. The Morgan fingerprint density at radius 3 is 2.63 bits per heavy atom. The van der Waals surface area contributed by atoms with Gasteiger partial charge in [0.15, 0.2) is 0 Å². The molecule has 0 aliphatic heterocycles. The summed E-state index contributed by atoms with van der Waals surface area (Å²) in [7, 11) is 0. The summed E-state index contributed by atoms with van der Waals surface area (Å²) in [6.07, 6.45) is 3.53. The predicted molar refractivity (Wildman–Crippen MR) is 80.9 cm³/mol. The molecule has 0 aliphatic carbocycles. The zero-order valence-electron chi connectivity index (χ0n) is 10.1. The summed E-state index contributed by atoms with van der Waals surface area (Å²) >= 11 is 6.15. The zero-order valence-corrected chi connectivity index (χ0v) is 10.9. The van der Waals surface area contributed by atoms with Crippen LogP contribution in [0, 0.1) is 0 Å². The van der Waals surface area contributed by atoms with Gasteiger partial charge in [-0.2, -0.15) is 0 Å². The highest BCUT2D eigenvalue weighted by Gasteiger charge is 2.06. The molecule has 0 saturated heterocycles. The number of fused-ring (bicyclic) bond motifs is 1. The van der Waals surface area contributed by atoms with E-state index in [9.17, 15) is 0 Å². The van der Waals surface area contributed by atoms with Crippen molar-refractivity contribution in [2.75, 3.05) is 11.1 Å². The summed E-state index contributed by atoms with van der Waals surface area (Å²) in [5.41, 5.74) is 8.50. The fraction of sp³-hybridized carbons (Fsp3) is 0. The van der Waals surface area contributed by atoms with Gasteiger partial charge in [-0.05, 0) is 30.3 Å². The predicted octanol–water partition coefficient (Wildman–Crippen LogP) is 4.21. The number of nitrogen functional groups attached to an aromatic ring is 1. The molecular formula is C15H12ClN3. The second kappa shape index (κ2) is 4.78. The van der Waals surface area contributed by atoms with Crippen molar-refractivity contribution in [1.82, 2.24) is 4.98 Å². The largest absolute Gasteiger partial charge is 0.398 e. The lowest BCUT2D eigenvalue weighted by molar-refractivity contribution is 1.36. The van der Waals surface area contributed by atoms with Crippen molar-refractivity contribution in [3.8, 4) is 0 Å². The molecule has 1 heterocycles. The van der Waals surface area contributed by atoms with Gasteiger partial charge in [0.25, 0.3) is 0 Å². The van der Waals surface area contributed by atoms with Crippen LogP contribution in [0.5, 0.6) is 0 Å². The second-order valence-corrected chi connectivity index (χ2v) is 4.64. The molecule has 3 aromatic rings. The molecule has 0 saturated carbocycles. The average Bonchev–Trinajstić information content (AvgIpc) is 2.44. The second-order valence-electron chi connectivity index (χ2n) is 4.23. The van der Waals surface area contributed by atoms with E-state index in [1.807, 2.05) is 42.5 Å². The highest BCUT2D eigenvalue weighted by Crippen LogP contribution is 2.31. The number of nitrogens with two attached hydrogens (primary N) is 1. The fourth-order valence-corrected chi connectivity index (χ4v) is 2.21. The number of anilines is 3. The van der Waals surface area contributed by atoms with Crippen LogP contribution in [0.25, 0.3) is 10.8 Å². The number of aromatic nitrogens is 1. The van der Waals surface area contributed by atoms with E-state index in [-0.39, 0.29) is 0 Å². The Labute approximate surface area is 116 Å². The molecule has 2 aromatic carbocycles. The van der Waals surface area contributed by atoms with Gasteiger partial charge in [0.1, 0.15) is 0 Å². The highest BCUT2D eigenvalue weighted by atomic mass is 35.5. The van der Waals surface area contributed by atoms with Gasteiger partial charge >= 0.3 is 0 Å². The summed E-state index contributed by atoms with van der Waals surface area (Å²) < 4.78 is 0. The Morgan fingerprint density at radius 2 is 1.79 bits per heavy atom. The molecule has 0 aliphatic rings. The van der Waals surface area contributed by atoms with Crippen molar-refractivity contribution in [3.05, 3.63) is 59.9 Å². The molecule has 94 valence electrons. The van der Waals surface area contributed by atoms with E-state index in [4.69, 9.17) is 17.3 Å². The third-order valence-electron chi connectivity index (χ3n) is 3.00. The first-order valence-corrected chi connectivity index (χ1v) is 6.27. The minimum atomic E-state index is 0.677. The highest BCUT2D eigenvalue weighted by molar-refractivity contribution is 6.33. The number of rotatable bonds is 2. The van der Waals surface area contributed by atoms with Gasteiger partial charge in [0.05, 0.1) is 10.7 Å². The lowest BCUT2D eigenvalue weighted by Crippen LogP contribution is -1.95. The van der Waals surface area contributed by atoms with E-state index < -0.39 is 0 Å². The summed E-state index contributed by atoms with van der Waals surface area (Å²) in [6.45, 7) is 0. The van der Waals surface area contributed by atoms with E-state index in [2.05, 4.69) is 10.3 Å². The zero-order chi connectivity index (χ0) is 13.2. The van der Waals surface area contributed by atoms with Gasteiger partial charge in [-0.15, -0.1) is 0 Å². The van der Waals surface area contributed by atoms with Crippen LogP contribution in [-0.2, 0) is 0 Å². The van der Waals surface area contributed by atoms with Crippen LogP contribution < -0.4 is 11.1 Å². The van der Waals surface area contributed by atoms with E-state index in [1.54, 1.807) is 12.4 Å². The van der Waals surface area contributed by atoms with Crippen LogP contribution in [0.1, 0.15) is 0 Å². The van der Waals surface area contributed by atoms with E-state index >= 15 is 0 Å². The molecule has 0 amide bonds. The van der Waals surface area contributed by atoms with Crippen molar-refractivity contribution in [2.45, 2.75) is 0 Å². The number of para-hydroxylation sites is 1. The normalized spacial score (nSPS) is 10.6. The van der Waals surface area contributed by atoms with Gasteiger partial charge in [0.2, 0.25) is 0 Å². The molecule has 1 aromatic heterocycles. The van der Waals surface area contributed by atoms with Crippen LogP contribution in [0.3, 0.4) is 0 Å². The van der Waals surface area contributed by atoms with E-state index in [1.165, 1.54) is 0 Å². The standard InChI is InChI=1S/C15H12ClN3/c16-12-3-1-2-4-15(12)19-14-6-5-13(17)10-7-8-18-9-11(10)14/h1-9,19H,17H2.